The van der Waals surface area contributed by atoms with Crippen LogP contribution < -0.4 is 0 Å². The lowest BCUT2D eigenvalue weighted by atomic mass is 10.2. The number of rotatable bonds is 8. The number of carbonyl (C=O) groups is 5. The van der Waals surface area contributed by atoms with Crippen LogP contribution in [-0.2, 0) is 24.0 Å². The highest BCUT2D eigenvalue weighted by molar-refractivity contribution is 7.81. The molecule has 23 heavy (non-hydrogen) atoms. The zero-order chi connectivity index (χ0) is 19.0. The van der Waals surface area contributed by atoms with E-state index in [1.54, 1.807) is 0 Å². The van der Waals surface area contributed by atoms with Crippen molar-refractivity contribution in [3.63, 3.8) is 0 Å². The summed E-state index contributed by atoms with van der Waals surface area (Å²) in [6.07, 6.45) is 0.572. The van der Waals surface area contributed by atoms with E-state index in [4.69, 9.17) is 30.3 Å². The number of unbranched alkanes of at least 4 members (excludes halogenated alkanes) is 1. The number of thiol groups is 1. The summed E-state index contributed by atoms with van der Waals surface area (Å²) in [7, 11) is 0. The molecule has 10 nitrogen and oxygen atoms in total. The molecule has 0 fully saturated rings. The molecule has 0 bridgehead atoms. The molecule has 0 aliphatic rings. The number of carboxylic acids is 5. The summed E-state index contributed by atoms with van der Waals surface area (Å²) in [6.45, 7) is 1.08. The molecule has 0 aliphatic heterocycles. The third kappa shape index (κ3) is 38.3. The van der Waals surface area contributed by atoms with Crippen molar-refractivity contribution in [3.05, 3.63) is 0 Å². The van der Waals surface area contributed by atoms with Gasteiger partial charge in [-0.3, -0.25) is 24.0 Å². The van der Waals surface area contributed by atoms with Gasteiger partial charge in [-0.05, 0) is 12.8 Å². The summed E-state index contributed by atoms with van der Waals surface area (Å²) >= 11 is 3.48. The van der Waals surface area contributed by atoms with Crippen LogP contribution in [0, 0.1) is 0 Å². The number of aliphatic carboxylic acids is 5. The van der Waals surface area contributed by atoms with E-state index in [9.17, 15) is 19.2 Å². The van der Waals surface area contributed by atoms with Gasteiger partial charge in [-0.25, -0.2) is 0 Å². The SMILES string of the molecule is CC(=O)O.O=C(O)CC(S)C(=O)O.O=C(O)CCCCC(=O)O. The number of carboxylic acid groups (broad SMARTS) is 5. The summed E-state index contributed by atoms with van der Waals surface area (Å²) in [5, 5.41) is 38.7. The second kappa shape index (κ2) is 16.1. The lowest BCUT2D eigenvalue weighted by molar-refractivity contribution is -0.142. The highest BCUT2D eigenvalue weighted by atomic mass is 32.1. The Kier molecular flexibility index (Phi) is 17.9. The molecule has 0 aromatic carbocycles. The quantitative estimate of drug-likeness (QED) is 0.266. The Morgan fingerprint density at radius 1 is 0.783 bits per heavy atom. The Labute approximate surface area is 137 Å². The molecular weight excluding hydrogens is 336 g/mol. The van der Waals surface area contributed by atoms with Crippen molar-refractivity contribution in [2.75, 3.05) is 0 Å². The van der Waals surface area contributed by atoms with Crippen molar-refractivity contribution in [1.82, 2.24) is 0 Å². The first-order valence-electron chi connectivity index (χ1n) is 6.15. The molecule has 0 heterocycles. The van der Waals surface area contributed by atoms with Gasteiger partial charge in [-0.2, -0.15) is 12.6 Å². The van der Waals surface area contributed by atoms with E-state index in [1.165, 1.54) is 0 Å². The van der Waals surface area contributed by atoms with Crippen LogP contribution in [0.25, 0.3) is 0 Å². The van der Waals surface area contributed by atoms with Gasteiger partial charge >= 0.3 is 23.9 Å². The number of hydrogen-bond acceptors (Lipinski definition) is 6. The van der Waals surface area contributed by atoms with E-state index < -0.39 is 41.5 Å². The molecule has 134 valence electrons. The van der Waals surface area contributed by atoms with Crippen LogP contribution in [0.5, 0.6) is 0 Å². The van der Waals surface area contributed by atoms with Crippen LogP contribution in [0.1, 0.15) is 39.0 Å². The average molecular weight is 356 g/mol. The molecule has 0 rings (SSSR count). The summed E-state index contributed by atoms with van der Waals surface area (Å²) in [5.74, 6) is -4.94. The first-order valence-corrected chi connectivity index (χ1v) is 6.67. The monoisotopic (exact) mass is 356 g/mol. The molecule has 0 amide bonds. The van der Waals surface area contributed by atoms with E-state index in [-0.39, 0.29) is 12.8 Å². The van der Waals surface area contributed by atoms with E-state index >= 15 is 0 Å². The highest BCUT2D eigenvalue weighted by Crippen LogP contribution is 2.00. The highest BCUT2D eigenvalue weighted by Gasteiger charge is 2.15. The van der Waals surface area contributed by atoms with Crippen LogP contribution in [0.15, 0.2) is 0 Å². The Bertz CT molecular complexity index is 387. The van der Waals surface area contributed by atoms with Gasteiger partial charge in [0.25, 0.3) is 5.97 Å². The van der Waals surface area contributed by atoms with Crippen LogP contribution >= 0.6 is 12.6 Å². The van der Waals surface area contributed by atoms with Crippen LogP contribution in [0.4, 0.5) is 0 Å². The molecule has 0 aromatic rings. The van der Waals surface area contributed by atoms with Gasteiger partial charge < -0.3 is 25.5 Å². The second-order valence-electron chi connectivity index (χ2n) is 3.97. The third-order valence-corrected chi connectivity index (χ3v) is 2.09. The average Bonchev–Trinajstić information content (AvgIpc) is 2.33. The Morgan fingerprint density at radius 3 is 1.22 bits per heavy atom. The minimum Gasteiger partial charge on any atom is -0.481 e. The lowest BCUT2D eigenvalue weighted by Gasteiger charge is -1.97. The van der Waals surface area contributed by atoms with E-state index in [0.717, 1.165) is 6.92 Å². The predicted molar refractivity (Wildman–Crippen MR) is 79.7 cm³/mol. The first kappa shape index (κ1) is 25.6. The van der Waals surface area contributed by atoms with Gasteiger partial charge in [-0.1, -0.05) is 0 Å². The molecule has 11 heteroatoms. The molecule has 0 aliphatic carbocycles. The predicted octanol–water partition coefficient (Wildman–Crippen LogP) is 0.651. The van der Waals surface area contributed by atoms with Gasteiger partial charge in [-0.15, -0.1) is 0 Å². The molecular formula is C12H20O10S. The van der Waals surface area contributed by atoms with E-state index in [1.807, 2.05) is 0 Å². The smallest absolute Gasteiger partial charge is 0.316 e. The molecule has 0 spiro atoms. The van der Waals surface area contributed by atoms with E-state index in [2.05, 4.69) is 12.6 Å². The molecule has 1 unspecified atom stereocenters. The normalized spacial score (nSPS) is 10.0. The van der Waals surface area contributed by atoms with Crippen LogP contribution in [0.3, 0.4) is 0 Å². The van der Waals surface area contributed by atoms with Crippen molar-refractivity contribution in [2.24, 2.45) is 0 Å². The van der Waals surface area contributed by atoms with Gasteiger partial charge in [0.1, 0.15) is 5.25 Å². The van der Waals surface area contributed by atoms with Crippen LogP contribution in [0.2, 0.25) is 0 Å². The van der Waals surface area contributed by atoms with Crippen molar-refractivity contribution in [1.29, 1.82) is 0 Å². The Morgan fingerprint density at radius 2 is 1.09 bits per heavy atom. The van der Waals surface area contributed by atoms with Crippen molar-refractivity contribution in [2.45, 2.75) is 44.3 Å². The number of hydrogen-bond donors (Lipinski definition) is 6. The first-order chi connectivity index (χ1) is 10.4. The zero-order valence-electron chi connectivity index (χ0n) is 12.3. The summed E-state index contributed by atoms with van der Waals surface area (Å²) in [6, 6.07) is 0. The maximum Gasteiger partial charge on any atom is 0.316 e. The van der Waals surface area contributed by atoms with Gasteiger partial charge in [0.2, 0.25) is 0 Å². The van der Waals surface area contributed by atoms with Gasteiger partial charge in [0, 0.05) is 19.8 Å². The third-order valence-electron chi connectivity index (χ3n) is 1.68. The second-order valence-corrected chi connectivity index (χ2v) is 4.59. The fourth-order valence-electron chi connectivity index (χ4n) is 0.805. The molecule has 0 saturated heterocycles. The van der Waals surface area contributed by atoms with Crippen molar-refractivity contribution in [3.8, 4) is 0 Å². The summed E-state index contributed by atoms with van der Waals surface area (Å²) < 4.78 is 0. The molecule has 5 N–H and O–H groups in total. The molecule has 0 saturated carbocycles. The summed E-state index contributed by atoms with van der Waals surface area (Å²) in [4.78, 5) is 48.5. The maximum absolute atomic E-state index is 9.90. The standard InChI is InChI=1S/C6H10O4.C4H6O4S.C2H4O2/c7-5(8)3-1-2-4-6(9)10;5-3(6)1-2(9)4(7)8;1-2(3)4/h1-4H2,(H,7,8)(H,9,10);2,9H,1H2,(H,5,6)(H,7,8);1H3,(H,3,4). The maximum atomic E-state index is 9.90. The largest absolute Gasteiger partial charge is 0.481 e. The fraction of sp³-hybridized carbons (Fsp3) is 0.583. The topological polar surface area (TPSA) is 186 Å². The minimum absolute atomic E-state index is 0.0628. The molecule has 0 aromatic heterocycles. The van der Waals surface area contributed by atoms with Gasteiger partial charge in [0.15, 0.2) is 0 Å². The van der Waals surface area contributed by atoms with Gasteiger partial charge in [0.05, 0.1) is 6.42 Å². The van der Waals surface area contributed by atoms with E-state index in [0.29, 0.717) is 12.8 Å². The molecule has 0 radical (unpaired) electrons. The Balaban J connectivity index is -0.000000284. The lowest BCUT2D eigenvalue weighted by Crippen LogP contribution is -2.17. The molecule has 1 atom stereocenters. The Hall–Kier alpha value is -2.30. The van der Waals surface area contributed by atoms with Crippen molar-refractivity contribution >= 4 is 42.5 Å². The zero-order valence-corrected chi connectivity index (χ0v) is 13.2. The minimum atomic E-state index is -1.21. The van der Waals surface area contributed by atoms with Crippen LogP contribution in [-0.4, -0.2) is 60.6 Å². The van der Waals surface area contributed by atoms with Crippen molar-refractivity contribution < 1.29 is 49.5 Å². The summed E-state index contributed by atoms with van der Waals surface area (Å²) in [5.41, 5.74) is 0. The fourth-order valence-corrected chi connectivity index (χ4v) is 0.961.